The molecule has 10 heavy (non-hydrogen) atoms. The SMILES string of the molecule is COC1(Cl)NC=CC=C1Cl. The fourth-order valence-corrected chi connectivity index (χ4v) is 0.951. The van der Waals surface area contributed by atoms with E-state index < -0.39 is 5.18 Å². The van der Waals surface area contributed by atoms with Crippen LogP contribution in [-0.4, -0.2) is 12.3 Å². The number of ether oxygens (including phenoxy) is 1. The summed E-state index contributed by atoms with van der Waals surface area (Å²) in [5, 5.41) is 2.13. The lowest BCUT2D eigenvalue weighted by atomic mass is 10.3. The molecule has 0 aromatic rings. The molecule has 0 fully saturated rings. The first-order chi connectivity index (χ1) is 4.69. The number of hydrogen-bond donors (Lipinski definition) is 1. The van der Waals surface area contributed by atoms with E-state index in [1.165, 1.54) is 7.11 Å². The van der Waals surface area contributed by atoms with Crippen molar-refractivity contribution in [2.24, 2.45) is 0 Å². The van der Waals surface area contributed by atoms with Crippen LogP contribution in [-0.2, 0) is 4.74 Å². The predicted molar refractivity (Wildman–Crippen MR) is 41.8 cm³/mol. The second-order valence-electron chi connectivity index (χ2n) is 1.82. The molecule has 2 nitrogen and oxygen atoms in total. The third-order valence-electron chi connectivity index (χ3n) is 1.20. The molecule has 1 aliphatic heterocycles. The van der Waals surface area contributed by atoms with E-state index in [2.05, 4.69) is 5.32 Å². The molecule has 0 saturated carbocycles. The van der Waals surface area contributed by atoms with Gasteiger partial charge in [-0.15, -0.1) is 0 Å². The van der Waals surface area contributed by atoms with Crippen molar-refractivity contribution in [2.45, 2.75) is 5.18 Å². The Morgan fingerprint density at radius 1 is 1.70 bits per heavy atom. The summed E-state index contributed by atoms with van der Waals surface area (Å²) in [5.74, 6) is 0. The molecule has 1 aliphatic rings. The first kappa shape index (κ1) is 7.92. The fourth-order valence-electron chi connectivity index (χ4n) is 0.620. The van der Waals surface area contributed by atoms with Crippen molar-refractivity contribution in [1.29, 1.82) is 0 Å². The number of halogens is 2. The average Bonchev–Trinajstić information content (AvgIpc) is 1.96. The summed E-state index contributed by atoms with van der Waals surface area (Å²) < 4.78 is 4.89. The van der Waals surface area contributed by atoms with Crippen LogP contribution < -0.4 is 5.32 Å². The Morgan fingerprint density at radius 2 is 2.40 bits per heavy atom. The van der Waals surface area contributed by atoms with Crippen LogP contribution in [0, 0.1) is 0 Å². The third kappa shape index (κ3) is 1.29. The molecule has 56 valence electrons. The number of rotatable bonds is 1. The second-order valence-corrected chi connectivity index (χ2v) is 2.76. The number of alkyl halides is 1. The fraction of sp³-hybridized carbons (Fsp3) is 0.333. The third-order valence-corrected chi connectivity index (χ3v) is 2.15. The van der Waals surface area contributed by atoms with Gasteiger partial charge < -0.3 is 10.1 Å². The Bertz CT molecular complexity index is 190. The van der Waals surface area contributed by atoms with Gasteiger partial charge in [-0.2, -0.15) is 0 Å². The number of allylic oxidation sites excluding steroid dienone is 2. The highest BCUT2D eigenvalue weighted by molar-refractivity contribution is 6.38. The van der Waals surface area contributed by atoms with Crippen LogP contribution in [0.15, 0.2) is 23.4 Å². The molecule has 1 atom stereocenters. The zero-order valence-corrected chi connectivity index (χ0v) is 6.91. The van der Waals surface area contributed by atoms with Crippen LogP contribution in [0.25, 0.3) is 0 Å². The minimum absolute atomic E-state index is 0.430. The highest BCUT2D eigenvalue weighted by atomic mass is 35.5. The van der Waals surface area contributed by atoms with E-state index in [-0.39, 0.29) is 0 Å². The summed E-state index contributed by atoms with van der Waals surface area (Å²) in [4.78, 5) is 0. The molecule has 1 rings (SSSR count). The Morgan fingerprint density at radius 3 is 2.80 bits per heavy atom. The number of dihydropyridines is 1. The molecule has 0 aromatic heterocycles. The van der Waals surface area contributed by atoms with Crippen molar-refractivity contribution < 1.29 is 4.74 Å². The van der Waals surface area contributed by atoms with E-state index in [0.717, 1.165) is 0 Å². The summed E-state index contributed by atoms with van der Waals surface area (Å²) in [6, 6.07) is 0. The van der Waals surface area contributed by atoms with Crippen molar-refractivity contribution in [3.63, 3.8) is 0 Å². The van der Waals surface area contributed by atoms with Gasteiger partial charge in [0.05, 0.1) is 5.03 Å². The largest absolute Gasteiger partial charge is 0.346 e. The predicted octanol–water partition coefficient (Wildman–Crippen LogP) is 1.76. The molecule has 0 spiro atoms. The average molecular weight is 180 g/mol. The van der Waals surface area contributed by atoms with Crippen LogP contribution in [0.2, 0.25) is 0 Å². The van der Waals surface area contributed by atoms with Crippen LogP contribution >= 0.6 is 23.2 Å². The van der Waals surface area contributed by atoms with Crippen molar-refractivity contribution in [2.75, 3.05) is 7.11 Å². The zero-order valence-electron chi connectivity index (χ0n) is 5.40. The number of hydrogen-bond acceptors (Lipinski definition) is 2. The minimum Gasteiger partial charge on any atom is -0.346 e. The van der Waals surface area contributed by atoms with Crippen LogP contribution in [0.4, 0.5) is 0 Å². The summed E-state index contributed by atoms with van der Waals surface area (Å²) >= 11 is 11.5. The smallest absolute Gasteiger partial charge is 0.254 e. The first-order valence-electron chi connectivity index (χ1n) is 2.73. The summed E-state index contributed by atoms with van der Waals surface area (Å²) in [6.45, 7) is 0. The molecule has 0 bridgehead atoms. The van der Waals surface area contributed by atoms with Gasteiger partial charge in [-0.1, -0.05) is 23.2 Å². The highest BCUT2D eigenvalue weighted by Crippen LogP contribution is 2.28. The molecule has 0 aliphatic carbocycles. The molecule has 0 aromatic carbocycles. The first-order valence-corrected chi connectivity index (χ1v) is 3.49. The van der Waals surface area contributed by atoms with E-state index in [1.807, 2.05) is 0 Å². The second kappa shape index (κ2) is 2.82. The lowest BCUT2D eigenvalue weighted by Crippen LogP contribution is -2.39. The maximum absolute atomic E-state index is 5.83. The standard InChI is InChI=1S/C6H7Cl2NO/c1-10-6(8)5(7)3-2-4-9-6/h2-4,9H,1H3. The molecule has 0 saturated heterocycles. The Balaban J connectivity index is 2.81. The maximum atomic E-state index is 5.83. The Hall–Kier alpha value is -0.180. The lowest BCUT2D eigenvalue weighted by molar-refractivity contribution is 0.0821. The van der Waals surface area contributed by atoms with E-state index >= 15 is 0 Å². The minimum atomic E-state index is -1.06. The summed E-state index contributed by atoms with van der Waals surface area (Å²) in [5.41, 5.74) is 0. The summed E-state index contributed by atoms with van der Waals surface area (Å²) in [6.07, 6.45) is 5.10. The van der Waals surface area contributed by atoms with Crippen LogP contribution in [0.5, 0.6) is 0 Å². The lowest BCUT2D eigenvalue weighted by Gasteiger charge is -2.26. The Labute approximate surface area is 69.4 Å². The van der Waals surface area contributed by atoms with Gasteiger partial charge in [0.15, 0.2) is 0 Å². The van der Waals surface area contributed by atoms with Crippen molar-refractivity contribution in [1.82, 2.24) is 5.32 Å². The van der Waals surface area contributed by atoms with Crippen molar-refractivity contribution in [3.8, 4) is 0 Å². The monoisotopic (exact) mass is 179 g/mol. The Kier molecular flexibility index (Phi) is 2.24. The van der Waals surface area contributed by atoms with Crippen molar-refractivity contribution >= 4 is 23.2 Å². The van der Waals surface area contributed by atoms with Crippen LogP contribution in [0.3, 0.4) is 0 Å². The van der Waals surface area contributed by atoms with Gasteiger partial charge in [-0.05, 0) is 12.2 Å². The molecular weight excluding hydrogens is 173 g/mol. The molecule has 1 heterocycles. The molecule has 1 unspecified atom stereocenters. The van der Waals surface area contributed by atoms with E-state index in [9.17, 15) is 0 Å². The van der Waals surface area contributed by atoms with Gasteiger partial charge in [0.25, 0.3) is 5.18 Å². The topological polar surface area (TPSA) is 21.3 Å². The van der Waals surface area contributed by atoms with Gasteiger partial charge in [0.1, 0.15) is 0 Å². The van der Waals surface area contributed by atoms with E-state index in [4.69, 9.17) is 27.9 Å². The maximum Gasteiger partial charge on any atom is 0.254 e. The van der Waals surface area contributed by atoms with E-state index in [0.29, 0.717) is 5.03 Å². The highest BCUT2D eigenvalue weighted by Gasteiger charge is 2.30. The molecule has 4 heteroatoms. The van der Waals surface area contributed by atoms with Gasteiger partial charge in [0.2, 0.25) is 0 Å². The molecule has 0 amide bonds. The number of nitrogens with one attached hydrogen (secondary N) is 1. The van der Waals surface area contributed by atoms with Gasteiger partial charge in [-0.3, -0.25) is 0 Å². The summed E-state index contributed by atoms with van der Waals surface area (Å²) in [7, 11) is 1.48. The normalized spacial score (nSPS) is 31.3. The van der Waals surface area contributed by atoms with Crippen LogP contribution in [0.1, 0.15) is 0 Å². The zero-order chi connectivity index (χ0) is 7.61. The van der Waals surface area contributed by atoms with Gasteiger partial charge in [0, 0.05) is 13.3 Å². The van der Waals surface area contributed by atoms with E-state index in [1.54, 1.807) is 18.4 Å². The van der Waals surface area contributed by atoms with Gasteiger partial charge >= 0.3 is 0 Å². The molecule has 0 radical (unpaired) electrons. The number of methoxy groups -OCH3 is 1. The van der Waals surface area contributed by atoms with Gasteiger partial charge in [-0.25, -0.2) is 0 Å². The quantitative estimate of drug-likeness (QED) is 0.490. The van der Waals surface area contributed by atoms with Crippen molar-refractivity contribution in [3.05, 3.63) is 23.4 Å². The molecule has 1 N–H and O–H groups in total. The molecular formula is C6H7Cl2NO.